The molecule has 0 aliphatic heterocycles. The first-order chi connectivity index (χ1) is 9.90. The molecule has 118 valence electrons. The molecule has 0 saturated heterocycles. The van der Waals surface area contributed by atoms with E-state index in [4.69, 9.17) is 11.6 Å². The van der Waals surface area contributed by atoms with Gasteiger partial charge in [0.25, 0.3) is 5.91 Å². The zero-order valence-corrected chi connectivity index (χ0v) is 15.5. The van der Waals surface area contributed by atoms with Crippen LogP contribution < -0.4 is 5.32 Å². The molecule has 0 fully saturated rings. The third-order valence-electron chi connectivity index (χ3n) is 3.90. The third-order valence-corrected chi connectivity index (χ3v) is 4.79. The molecule has 0 radical (unpaired) electrons. The van der Waals surface area contributed by atoms with E-state index in [0.29, 0.717) is 29.1 Å². The molecule has 0 aromatic heterocycles. The number of halogens is 2. The van der Waals surface area contributed by atoms with Crippen LogP contribution in [-0.4, -0.2) is 37.5 Å². The topological polar surface area (TPSA) is 32.3 Å². The Morgan fingerprint density at radius 3 is 2.43 bits per heavy atom. The number of carbonyl (C=O) groups is 1. The molecule has 21 heavy (non-hydrogen) atoms. The predicted octanol–water partition coefficient (Wildman–Crippen LogP) is 4.20. The monoisotopic (exact) mass is 374 g/mol. The maximum Gasteiger partial charge on any atom is 0.252 e. The van der Waals surface area contributed by atoms with Crippen LogP contribution in [0.15, 0.2) is 22.7 Å². The van der Waals surface area contributed by atoms with Crippen molar-refractivity contribution in [3.8, 4) is 0 Å². The molecule has 0 spiro atoms. The van der Waals surface area contributed by atoms with Crippen LogP contribution in [0.3, 0.4) is 0 Å². The largest absolute Gasteiger partial charge is 0.350 e. The van der Waals surface area contributed by atoms with Crippen molar-refractivity contribution in [2.75, 3.05) is 20.6 Å². The SMILES string of the molecule is CCC(CC)C(CNC(=O)c1ccc(Cl)cc1Br)N(C)C. The number of rotatable bonds is 7. The average molecular weight is 376 g/mol. The van der Waals surface area contributed by atoms with Crippen LogP contribution in [0.1, 0.15) is 37.0 Å². The van der Waals surface area contributed by atoms with Crippen LogP contribution in [0.25, 0.3) is 0 Å². The van der Waals surface area contributed by atoms with E-state index >= 15 is 0 Å². The maximum absolute atomic E-state index is 12.3. The third kappa shape index (κ3) is 5.28. The Bertz CT molecular complexity index is 475. The first kappa shape index (κ1) is 18.5. The summed E-state index contributed by atoms with van der Waals surface area (Å²) in [5.74, 6) is 0.505. The number of nitrogens with zero attached hydrogens (tertiary/aromatic N) is 1. The summed E-state index contributed by atoms with van der Waals surface area (Å²) in [5, 5.41) is 3.65. The van der Waals surface area contributed by atoms with Gasteiger partial charge in [0.15, 0.2) is 0 Å². The summed E-state index contributed by atoms with van der Waals surface area (Å²) in [6, 6.07) is 5.55. The number of carbonyl (C=O) groups excluding carboxylic acids is 1. The molecule has 1 aromatic rings. The lowest BCUT2D eigenvalue weighted by Gasteiger charge is -2.31. The Kier molecular flexibility index (Phi) is 7.71. The van der Waals surface area contributed by atoms with Crippen molar-refractivity contribution in [2.24, 2.45) is 5.92 Å². The molecule has 1 aromatic carbocycles. The summed E-state index contributed by atoms with van der Waals surface area (Å²) in [6.07, 6.45) is 2.22. The van der Waals surface area contributed by atoms with Gasteiger partial charge in [0.05, 0.1) is 5.56 Å². The molecule has 1 atom stereocenters. The Hall–Kier alpha value is -0.580. The fourth-order valence-electron chi connectivity index (χ4n) is 2.57. The van der Waals surface area contributed by atoms with E-state index in [1.54, 1.807) is 18.2 Å². The van der Waals surface area contributed by atoms with E-state index in [1.807, 2.05) is 0 Å². The first-order valence-electron chi connectivity index (χ1n) is 7.30. The van der Waals surface area contributed by atoms with Crippen molar-refractivity contribution in [1.82, 2.24) is 10.2 Å². The Morgan fingerprint density at radius 1 is 1.33 bits per heavy atom. The minimum Gasteiger partial charge on any atom is -0.350 e. The van der Waals surface area contributed by atoms with E-state index in [9.17, 15) is 4.79 Å². The summed E-state index contributed by atoms with van der Waals surface area (Å²) in [7, 11) is 4.13. The van der Waals surface area contributed by atoms with Gasteiger partial charge in [0.1, 0.15) is 0 Å². The molecular weight excluding hydrogens is 352 g/mol. The smallest absolute Gasteiger partial charge is 0.252 e. The fraction of sp³-hybridized carbons (Fsp3) is 0.562. The summed E-state index contributed by atoms with van der Waals surface area (Å²) >= 11 is 9.29. The number of hydrogen-bond acceptors (Lipinski definition) is 2. The highest BCUT2D eigenvalue weighted by Crippen LogP contribution is 2.22. The zero-order valence-electron chi connectivity index (χ0n) is 13.1. The molecule has 1 rings (SSSR count). The fourth-order valence-corrected chi connectivity index (χ4v) is 3.43. The molecule has 0 aliphatic rings. The van der Waals surface area contributed by atoms with Gasteiger partial charge < -0.3 is 10.2 Å². The number of nitrogens with one attached hydrogen (secondary N) is 1. The lowest BCUT2D eigenvalue weighted by molar-refractivity contribution is 0.0928. The minimum atomic E-state index is -0.0728. The van der Waals surface area contributed by atoms with Crippen molar-refractivity contribution < 1.29 is 4.79 Å². The van der Waals surface area contributed by atoms with Crippen molar-refractivity contribution in [1.29, 1.82) is 0 Å². The average Bonchev–Trinajstić information content (AvgIpc) is 2.42. The molecule has 0 heterocycles. The summed E-state index contributed by atoms with van der Waals surface area (Å²) in [5.41, 5.74) is 0.612. The first-order valence-corrected chi connectivity index (χ1v) is 8.47. The lowest BCUT2D eigenvalue weighted by atomic mass is 9.93. The summed E-state index contributed by atoms with van der Waals surface area (Å²) < 4.78 is 0.719. The second-order valence-electron chi connectivity index (χ2n) is 5.44. The number of amides is 1. The highest BCUT2D eigenvalue weighted by molar-refractivity contribution is 9.10. The molecule has 0 saturated carbocycles. The number of benzene rings is 1. The Morgan fingerprint density at radius 2 is 1.95 bits per heavy atom. The van der Waals surface area contributed by atoms with E-state index in [2.05, 4.69) is 54.1 Å². The lowest BCUT2D eigenvalue weighted by Crippen LogP contribution is -2.44. The normalized spacial score (nSPS) is 12.8. The predicted molar refractivity (Wildman–Crippen MR) is 93.0 cm³/mol. The molecule has 1 unspecified atom stereocenters. The molecule has 1 N–H and O–H groups in total. The Balaban J connectivity index is 2.73. The second kappa shape index (κ2) is 8.76. The number of likely N-dealkylation sites (N-methyl/N-ethyl adjacent to an activating group) is 1. The maximum atomic E-state index is 12.3. The van der Waals surface area contributed by atoms with E-state index in [0.717, 1.165) is 17.3 Å². The van der Waals surface area contributed by atoms with Gasteiger partial charge in [-0.15, -0.1) is 0 Å². The van der Waals surface area contributed by atoms with Gasteiger partial charge in [-0.05, 0) is 54.1 Å². The highest BCUT2D eigenvalue weighted by Gasteiger charge is 2.21. The van der Waals surface area contributed by atoms with Gasteiger partial charge >= 0.3 is 0 Å². The van der Waals surface area contributed by atoms with Crippen LogP contribution in [0, 0.1) is 5.92 Å². The minimum absolute atomic E-state index is 0.0728. The van der Waals surface area contributed by atoms with Gasteiger partial charge in [-0.25, -0.2) is 0 Å². The summed E-state index contributed by atoms with van der Waals surface area (Å²) in [6.45, 7) is 5.04. The van der Waals surface area contributed by atoms with Gasteiger partial charge in [-0.1, -0.05) is 38.3 Å². The van der Waals surface area contributed by atoms with Crippen LogP contribution in [0.4, 0.5) is 0 Å². The van der Waals surface area contributed by atoms with Crippen molar-refractivity contribution in [3.05, 3.63) is 33.3 Å². The van der Waals surface area contributed by atoms with E-state index < -0.39 is 0 Å². The van der Waals surface area contributed by atoms with Crippen molar-refractivity contribution >= 4 is 33.4 Å². The highest BCUT2D eigenvalue weighted by atomic mass is 79.9. The molecule has 5 heteroatoms. The quantitative estimate of drug-likeness (QED) is 0.774. The van der Waals surface area contributed by atoms with Gasteiger partial charge in [0.2, 0.25) is 0 Å². The zero-order chi connectivity index (χ0) is 16.0. The van der Waals surface area contributed by atoms with E-state index in [1.165, 1.54) is 0 Å². The molecular formula is C16H24BrClN2O. The van der Waals surface area contributed by atoms with Crippen molar-refractivity contribution in [3.63, 3.8) is 0 Å². The van der Waals surface area contributed by atoms with Gasteiger partial charge in [-0.2, -0.15) is 0 Å². The second-order valence-corrected chi connectivity index (χ2v) is 6.73. The molecule has 1 amide bonds. The van der Waals surface area contributed by atoms with E-state index in [-0.39, 0.29) is 5.91 Å². The summed E-state index contributed by atoms with van der Waals surface area (Å²) in [4.78, 5) is 14.5. The van der Waals surface area contributed by atoms with Crippen molar-refractivity contribution in [2.45, 2.75) is 32.7 Å². The number of hydrogen-bond donors (Lipinski definition) is 1. The van der Waals surface area contributed by atoms with Crippen LogP contribution in [0.2, 0.25) is 5.02 Å². The van der Waals surface area contributed by atoms with Gasteiger partial charge in [0, 0.05) is 22.1 Å². The Labute approximate surface area is 141 Å². The van der Waals surface area contributed by atoms with Gasteiger partial charge in [-0.3, -0.25) is 4.79 Å². The molecule has 0 aliphatic carbocycles. The molecule has 3 nitrogen and oxygen atoms in total. The van der Waals surface area contributed by atoms with Crippen LogP contribution >= 0.6 is 27.5 Å². The standard InChI is InChI=1S/C16H24BrClN2O/c1-5-11(6-2)15(20(3)4)10-19-16(21)13-8-7-12(18)9-14(13)17/h7-9,11,15H,5-6,10H2,1-4H3,(H,19,21). The van der Waals surface area contributed by atoms with Crippen LogP contribution in [-0.2, 0) is 0 Å². The van der Waals surface area contributed by atoms with Crippen LogP contribution in [0.5, 0.6) is 0 Å². The molecule has 0 bridgehead atoms.